The van der Waals surface area contributed by atoms with Gasteiger partial charge in [0.1, 0.15) is 6.10 Å². The Bertz CT molecular complexity index is 448. The Morgan fingerprint density at radius 3 is 2.69 bits per heavy atom. The molecular formula is C20H34O6. The highest BCUT2D eigenvalue weighted by Crippen LogP contribution is 2.25. The Morgan fingerprint density at radius 2 is 2.00 bits per heavy atom. The summed E-state index contributed by atoms with van der Waals surface area (Å²) in [5.41, 5.74) is 0. The van der Waals surface area contributed by atoms with Gasteiger partial charge in [-0.05, 0) is 25.7 Å². The van der Waals surface area contributed by atoms with Gasteiger partial charge in [-0.15, -0.1) is 0 Å². The maximum absolute atomic E-state index is 10.4. The van der Waals surface area contributed by atoms with Crippen molar-refractivity contribution < 1.29 is 30.0 Å². The Balaban J connectivity index is 2.30. The third-order valence-electron chi connectivity index (χ3n) is 4.55. The number of aliphatic hydroxyl groups excluding tert-OH is 3. The lowest BCUT2D eigenvalue weighted by Crippen LogP contribution is -2.25. The molecule has 26 heavy (non-hydrogen) atoms. The molecule has 0 radical (unpaired) electrons. The molecule has 0 aliphatic carbocycles. The first-order chi connectivity index (χ1) is 12.4. The number of hydrogen-bond acceptors (Lipinski definition) is 5. The summed E-state index contributed by atoms with van der Waals surface area (Å²) in [6.07, 6.45) is 10.2. The molecule has 4 N–H and O–H groups in total. The summed E-state index contributed by atoms with van der Waals surface area (Å²) in [7, 11) is 0. The minimum Gasteiger partial charge on any atom is -0.481 e. The van der Waals surface area contributed by atoms with E-state index < -0.39 is 36.5 Å². The predicted molar refractivity (Wildman–Crippen MR) is 99.8 cm³/mol. The number of carboxylic acid groups (broad SMARTS) is 1. The SMILES string of the molecule is CCCCC[C@@H](O)/C=C/[C@@H]1O[C@H]([C@@H](O)C/C=C\CCCC(=O)O)C[C@H]1O. The summed E-state index contributed by atoms with van der Waals surface area (Å²) in [6, 6.07) is 0. The number of allylic oxidation sites excluding steroid dienone is 1. The van der Waals surface area contributed by atoms with E-state index in [9.17, 15) is 20.1 Å². The Labute approximate surface area is 156 Å². The molecular weight excluding hydrogens is 336 g/mol. The quantitative estimate of drug-likeness (QED) is 0.293. The molecule has 0 aromatic heterocycles. The van der Waals surface area contributed by atoms with Gasteiger partial charge in [-0.3, -0.25) is 4.79 Å². The normalized spacial score (nSPS) is 25.9. The van der Waals surface area contributed by atoms with Gasteiger partial charge in [-0.1, -0.05) is 50.5 Å². The van der Waals surface area contributed by atoms with Crippen LogP contribution in [0.2, 0.25) is 0 Å². The van der Waals surface area contributed by atoms with Crippen LogP contribution < -0.4 is 0 Å². The lowest BCUT2D eigenvalue weighted by Gasteiger charge is -2.16. The third-order valence-corrected chi connectivity index (χ3v) is 4.55. The molecule has 1 aliphatic heterocycles. The predicted octanol–water partition coefficient (Wildman–Crippen LogP) is 2.56. The topological polar surface area (TPSA) is 107 Å². The van der Waals surface area contributed by atoms with E-state index in [1.807, 2.05) is 12.2 Å². The molecule has 6 heteroatoms. The molecule has 0 amide bonds. The van der Waals surface area contributed by atoms with E-state index in [-0.39, 0.29) is 6.42 Å². The largest absolute Gasteiger partial charge is 0.481 e. The molecule has 0 unspecified atom stereocenters. The molecule has 0 aromatic rings. The van der Waals surface area contributed by atoms with E-state index >= 15 is 0 Å². The second kappa shape index (κ2) is 13.0. The van der Waals surface area contributed by atoms with E-state index in [0.717, 1.165) is 19.3 Å². The number of unbranched alkanes of at least 4 members (excludes halogenated alkanes) is 3. The van der Waals surface area contributed by atoms with Crippen molar-refractivity contribution in [2.75, 3.05) is 0 Å². The van der Waals surface area contributed by atoms with Gasteiger partial charge in [0.25, 0.3) is 0 Å². The second-order valence-corrected chi connectivity index (χ2v) is 6.95. The second-order valence-electron chi connectivity index (χ2n) is 6.95. The monoisotopic (exact) mass is 370 g/mol. The summed E-state index contributed by atoms with van der Waals surface area (Å²) >= 11 is 0. The van der Waals surface area contributed by atoms with Gasteiger partial charge in [-0.2, -0.15) is 0 Å². The number of aliphatic hydroxyl groups is 3. The summed E-state index contributed by atoms with van der Waals surface area (Å²) in [5, 5.41) is 38.7. The minimum atomic E-state index is -0.804. The Kier molecular flexibility index (Phi) is 11.4. The molecule has 1 saturated heterocycles. The van der Waals surface area contributed by atoms with Gasteiger partial charge in [0.05, 0.1) is 24.4 Å². The highest BCUT2D eigenvalue weighted by molar-refractivity contribution is 5.66. The van der Waals surface area contributed by atoms with Crippen LogP contribution in [0.15, 0.2) is 24.3 Å². The van der Waals surface area contributed by atoms with Crippen molar-refractivity contribution in [2.24, 2.45) is 0 Å². The molecule has 1 heterocycles. The van der Waals surface area contributed by atoms with Crippen molar-refractivity contribution in [2.45, 2.75) is 95.2 Å². The average Bonchev–Trinajstić information content (AvgIpc) is 2.97. The molecule has 0 aromatic carbocycles. The van der Waals surface area contributed by atoms with Crippen LogP contribution in [-0.2, 0) is 9.53 Å². The van der Waals surface area contributed by atoms with E-state index in [0.29, 0.717) is 32.1 Å². The Hall–Kier alpha value is -1.21. The van der Waals surface area contributed by atoms with E-state index in [4.69, 9.17) is 9.84 Å². The summed E-state index contributed by atoms with van der Waals surface area (Å²) < 4.78 is 5.71. The zero-order chi connectivity index (χ0) is 19.4. The van der Waals surface area contributed by atoms with Gasteiger partial charge in [0.2, 0.25) is 0 Å². The zero-order valence-electron chi connectivity index (χ0n) is 15.7. The van der Waals surface area contributed by atoms with Crippen molar-refractivity contribution >= 4 is 5.97 Å². The van der Waals surface area contributed by atoms with Gasteiger partial charge in [0.15, 0.2) is 0 Å². The van der Waals surface area contributed by atoms with Gasteiger partial charge >= 0.3 is 5.97 Å². The van der Waals surface area contributed by atoms with Crippen LogP contribution >= 0.6 is 0 Å². The highest BCUT2D eigenvalue weighted by atomic mass is 16.5. The average molecular weight is 370 g/mol. The van der Waals surface area contributed by atoms with Crippen molar-refractivity contribution in [3.05, 3.63) is 24.3 Å². The van der Waals surface area contributed by atoms with Crippen molar-refractivity contribution in [1.82, 2.24) is 0 Å². The van der Waals surface area contributed by atoms with Crippen LogP contribution in [-0.4, -0.2) is 56.9 Å². The van der Waals surface area contributed by atoms with Crippen LogP contribution in [0, 0.1) is 0 Å². The summed E-state index contributed by atoms with van der Waals surface area (Å²) in [5.74, 6) is -0.804. The van der Waals surface area contributed by atoms with Crippen LogP contribution in [0.5, 0.6) is 0 Å². The zero-order valence-corrected chi connectivity index (χ0v) is 15.7. The number of ether oxygens (including phenoxy) is 1. The van der Waals surface area contributed by atoms with E-state index in [1.54, 1.807) is 12.2 Å². The van der Waals surface area contributed by atoms with Gasteiger partial charge < -0.3 is 25.2 Å². The van der Waals surface area contributed by atoms with Gasteiger partial charge in [-0.25, -0.2) is 0 Å². The van der Waals surface area contributed by atoms with Crippen molar-refractivity contribution in [1.29, 1.82) is 0 Å². The molecule has 5 atom stereocenters. The fraction of sp³-hybridized carbons (Fsp3) is 0.750. The lowest BCUT2D eigenvalue weighted by atomic mass is 10.0. The maximum atomic E-state index is 10.4. The summed E-state index contributed by atoms with van der Waals surface area (Å²) in [4.78, 5) is 10.4. The number of aliphatic carboxylic acids is 1. The standard InChI is InChI=1S/C20H34O6/c1-2-3-6-9-15(21)12-13-18-17(23)14-19(26-18)16(22)10-7-4-5-8-11-20(24)25/h4,7,12-13,15-19,21-23H,2-3,5-6,8-11,14H2,1H3,(H,24,25)/b7-4-,13-12+/t15-,16+,17-,18+,19+/m1/s1. The smallest absolute Gasteiger partial charge is 0.303 e. The van der Waals surface area contributed by atoms with E-state index in [1.165, 1.54) is 0 Å². The third kappa shape index (κ3) is 9.48. The molecule has 1 fully saturated rings. The van der Waals surface area contributed by atoms with Crippen LogP contribution in [0.25, 0.3) is 0 Å². The lowest BCUT2D eigenvalue weighted by molar-refractivity contribution is -0.137. The molecule has 150 valence electrons. The molecule has 6 nitrogen and oxygen atoms in total. The molecule has 0 bridgehead atoms. The molecule has 0 saturated carbocycles. The van der Waals surface area contributed by atoms with Crippen molar-refractivity contribution in [3.8, 4) is 0 Å². The first-order valence-corrected chi connectivity index (χ1v) is 9.68. The van der Waals surface area contributed by atoms with Crippen LogP contribution in [0.4, 0.5) is 0 Å². The van der Waals surface area contributed by atoms with Crippen molar-refractivity contribution in [3.63, 3.8) is 0 Å². The molecule has 1 rings (SSSR count). The number of carbonyl (C=O) groups is 1. The number of hydrogen-bond donors (Lipinski definition) is 4. The first kappa shape index (κ1) is 22.8. The van der Waals surface area contributed by atoms with Crippen LogP contribution in [0.1, 0.15) is 64.7 Å². The highest BCUT2D eigenvalue weighted by Gasteiger charge is 2.35. The molecule has 0 spiro atoms. The van der Waals surface area contributed by atoms with Crippen LogP contribution in [0.3, 0.4) is 0 Å². The first-order valence-electron chi connectivity index (χ1n) is 9.68. The maximum Gasteiger partial charge on any atom is 0.303 e. The van der Waals surface area contributed by atoms with Gasteiger partial charge in [0, 0.05) is 12.8 Å². The molecule has 1 aliphatic rings. The number of carboxylic acids is 1. The Morgan fingerprint density at radius 1 is 1.23 bits per heavy atom. The van der Waals surface area contributed by atoms with E-state index in [2.05, 4.69) is 6.92 Å². The fourth-order valence-electron chi connectivity index (χ4n) is 2.96. The number of rotatable bonds is 13. The summed E-state index contributed by atoms with van der Waals surface area (Å²) in [6.45, 7) is 2.11. The fourth-order valence-corrected chi connectivity index (χ4v) is 2.96. The minimum absolute atomic E-state index is 0.142.